The maximum absolute atomic E-state index is 5.61. The summed E-state index contributed by atoms with van der Waals surface area (Å²) >= 11 is 3.86. The zero-order valence-electron chi connectivity index (χ0n) is 11.5. The number of oxazole rings is 1. The van der Waals surface area contributed by atoms with Gasteiger partial charge in [-0.3, -0.25) is 0 Å². The first kappa shape index (κ1) is 14.1. The lowest BCUT2D eigenvalue weighted by Crippen LogP contribution is -2.19. The summed E-state index contributed by atoms with van der Waals surface area (Å²) in [7, 11) is 1.71. The van der Waals surface area contributed by atoms with Gasteiger partial charge in [-0.1, -0.05) is 0 Å². The summed E-state index contributed by atoms with van der Waals surface area (Å²) < 4.78 is 10.6. The van der Waals surface area contributed by atoms with Crippen molar-refractivity contribution in [3.8, 4) is 10.6 Å². The Morgan fingerprint density at radius 2 is 2.45 bits per heavy atom. The van der Waals surface area contributed by atoms with E-state index in [9.17, 15) is 0 Å². The molecule has 1 N–H and O–H groups in total. The summed E-state index contributed by atoms with van der Waals surface area (Å²) in [6.07, 6.45) is 2.72. The van der Waals surface area contributed by atoms with Gasteiger partial charge < -0.3 is 14.5 Å². The van der Waals surface area contributed by atoms with Crippen molar-refractivity contribution in [2.45, 2.75) is 18.7 Å². The molecule has 0 aromatic carbocycles. The Kier molecular flexibility index (Phi) is 4.77. The van der Waals surface area contributed by atoms with E-state index in [0.29, 0.717) is 13.2 Å². The van der Waals surface area contributed by atoms with E-state index in [1.54, 1.807) is 7.11 Å². The number of nitrogens with zero attached hydrogens (tertiary/aromatic N) is 1. The first-order chi connectivity index (χ1) is 9.88. The Balaban J connectivity index is 1.73. The minimum atomic E-state index is 0.706. The molecule has 6 heteroatoms. The van der Waals surface area contributed by atoms with E-state index in [2.05, 4.69) is 16.4 Å². The average molecular weight is 310 g/mol. The van der Waals surface area contributed by atoms with Crippen LogP contribution in [0.2, 0.25) is 0 Å². The fraction of sp³-hybridized carbons (Fsp3) is 0.500. The first-order valence-electron chi connectivity index (χ1n) is 6.70. The third kappa shape index (κ3) is 3.09. The molecule has 3 heterocycles. The summed E-state index contributed by atoms with van der Waals surface area (Å²) in [6.45, 7) is 2.24. The van der Waals surface area contributed by atoms with E-state index >= 15 is 0 Å². The predicted molar refractivity (Wildman–Crippen MR) is 83.3 cm³/mol. The first-order valence-corrected chi connectivity index (χ1v) is 8.67. The zero-order valence-corrected chi connectivity index (χ0v) is 13.1. The van der Waals surface area contributed by atoms with Gasteiger partial charge in [0.15, 0.2) is 12.2 Å². The molecule has 3 rings (SSSR count). The molecular formula is C14H18N2O2S2. The Hall–Kier alpha value is -0.820. The maximum atomic E-state index is 5.61. The van der Waals surface area contributed by atoms with Crippen LogP contribution in [0.15, 0.2) is 16.9 Å². The molecule has 0 aliphatic carbocycles. The standard InChI is InChI=1S/C14H18N2O2S2/c1-17-4-3-15-7-11-14(18-9-16-11)13-6-10-8-19-5-2-12(10)20-13/h6,9,15H,2-5,7-8H2,1H3. The van der Waals surface area contributed by atoms with Crippen LogP contribution >= 0.6 is 23.1 Å². The van der Waals surface area contributed by atoms with Crippen molar-refractivity contribution in [1.29, 1.82) is 0 Å². The molecule has 20 heavy (non-hydrogen) atoms. The van der Waals surface area contributed by atoms with Gasteiger partial charge in [0.05, 0.1) is 11.5 Å². The second-order valence-corrected chi connectivity index (χ2v) is 6.90. The minimum Gasteiger partial charge on any atom is -0.442 e. The summed E-state index contributed by atoms with van der Waals surface area (Å²) in [5, 5.41) is 3.31. The van der Waals surface area contributed by atoms with Gasteiger partial charge in [0.2, 0.25) is 0 Å². The normalized spacial score (nSPS) is 14.4. The summed E-state index contributed by atoms with van der Waals surface area (Å²) in [6, 6.07) is 2.27. The molecule has 0 radical (unpaired) electrons. The molecule has 1 aliphatic rings. The largest absolute Gasteiger partial charge is 0.442 e. The minimum absolute atomic E-state index is 0.706. The number of ether oxygens (including phenoxy) is 1. The Morgan fingerprint density at radius 3 is 3.30 bits per heavy atom. The van der Waals surface area contributed by atoms with Gasteiger partial charge in [-0.05, 0) is 23.8 Å². The molecule has 2 aromatic heterocycles. The molecule has 0 fully saturated rings. The van der Waals surface area contributed by atoms with E-state index in [1.165, 1.54) is 33.9 Å². The van der Waals surface area contributed by atoms with Crippen molar-refractivity contribution in [2.24, 2.45) is 0 Å². The Morgan fingerprint density at radius 1 is 1.50 bits per heavy atom. The highest BCUT2D eigenvalue weighted by atomic mass is 32.2. The summed E-state index contributed by atoms with van der Waals surface area (Å²) in [4.78, 5) is 7.04. The van der Waals surface area contributed by atoms with Crippen LogP contribution in [-0.2, 0) is 23.5 Å². The summed E-state index contributed by atoms with van der Waals surface area (Å²) in [5.74, 6) is 3.27. The number of hydrogen-bond acceptors (Lipinski definition) is 6. The van der Waals surface area contributed by atoms with Crippen LogP contribution in [0.4, 0.5) is 0 Å². The number of methoxy groups -OCH3 is 1. The van der Waals surface area contributed by atoms with Crippen LogP contribution in [0, 0.1) is 0 Å². The van der Waals surface area contributed by atoms with Crippen molar-refractivity contribution in [3.05, 3.63) is 28.6 Å². The van der Waals surface area contributed by atoms with E-state index < -0.39 is 0 Å². The molecule has 0 unspecified atom stereocenters. The van der Waals surface area contributed by atoms with E-state index in [4.69, 9.17) is 9.15 Å². The average Bonchev–Trinajstić information content (AvgIpc) is 3.09. The third-order valence-electron chi connectivity index (χ3n) is 3.27. The summed E-state index contributed by atoms with van der Waals surface area (Å²) in [5.41, 5.74) is 2.45. The van der Waals surface area contributed by atoms with E-state index in [1.807, 2.05) is 23.1 Å². The molecule has 1 aliphatic heterocycles. The van der Waals surface area contributed by atoms with Crippen molar-refractivity contribution in [1.82, 2.24) is 10.3 Å². The lowest BCUT2D eigenvalue weighted by atomic mass is 10.2. The van der Waals surface area contributed by atoms with Crippen LogP contribution < -0.4 is 5.32 Å². The number of fused-ring (bicyclic) bond motifs is 1. The Bertz CT molecular complexity index is 542. The van der Waals surface area contributed by atoms with Gasteiger partial charge in [-0.2, -0.15) is 11.8 Å². The second kappa shape index (κ2) is 6.76. The number of nitrogens with one attached hydrogen (secondary N) is 1. The van der Waals surface area contributed by atoms with Crippen molar-refractivity contribution in [3.63, 3.8) is 0 Å². The second-order valence-electron chi connectivity index (χ2n) is 4.66. The molecule has 0 amide bonds. The van der Waals surface area contributed by atoms with Crippen molar-refractivity contribution in [2.75, 3.05) is 26.0 Å². The molecule has 0 atom stereocenters. The predicted octanol–water partition coefficient (Wildman–Crippen LogP) is 2.93. The van der Waals surface area contributed by atoms with Gasteiger partial charge in [0.1, 0.15) is 5.69 Å². The molecule has 0 saturated carbocycles. The van der Waals surface area contributed by atoms with Gasteiger partial charge in [-0.15, -0.1) is 11.3 Å². The highest BCUT2D eigenvalue weighted by Gasteiger charge is 2.18. The van der Waals surface area contributed by atoms with Crippen LogP contribution in [0.1, 0.15) is 16.1 Å². The van der Waals surface area contributed by atoms with Crippen molar-refractivity contribution >= 4 is 23.1 Å². The number of thioether (sulfide) groups is 1. The van der Waals surface area contributed by atoms with Crippen LogP contribution in [0.3, 0.4) is 0 Å². The molecular weight excluding hydrogens is 292 g/mol. The maximum Gasteiger partial charge on any atom is 0.181 e. The fourth-order valence-corrected chi connectivity index (χ4v) is 4.62. The van der Waals surface area contributed by atoms with E-state index in [-0.39, 0.29) is 0 Å². The number of aromatic nitrogens is 1. The highest BCUT2D eigenvalue weighted by Crippen LogP contribution is 2.37. The highest BCUT2D eigenvalue weighted by molar-refractivity contribution is 7.98. The number of hydrogen-bond donors (Lipinski definition) is 1. The van der Waals surface area contributed by atoms with E-state index in [0.717, 1.165) is 23.8 Å². The van der Waals surface area contributed by atoms with Gasteiger partial charge in [0, 0.05) is 30.8 Å². The van der Waals surface area contributed by atoms with Gasteiger partial charge in [0.25, 0.3) is 0 Å². The molecule has 0 bridgehead atoms. The zero-order chi connectivity index (χ0) is 13.8. The quantitative estimate of drug-likeness (QED) is 0.831. The molecule has 0 saturated heterocycles. The molecule has 0 spiro atoms. The number of rotatable bonds is 6. The number of aryl methyl sites for hydroxylation is 1. The van der Waals surface area contributed by atoms with Crippen LogP contribution in [0.25, 0.3) is 10.6 Å². The topological polar surface area (TPSA) is 47.3 Å². The van der Waals surface area contributed by atoms with Crippen molar-refractivity contribution < 1.29 is 9.15 Å². The number of thiophene rings is 1. The van der Waals surface area contributed by atoms with Gasteiger partial charge >= 0.3 is 0 Å². The molecule has 2 aromatic rings. The lowest BCUT2D eigenvalue weighted by Gasteiger charge is -2.08. The molecule has 108 valence electrons. The Labute approximate surface area is 126 Å². The van der Waals surface area contributed by atoms with Crippen LogP contribution in [-0.4, -0.2) is 31.0 Å². The smallest absolute Gasteiger partial charge is 0.181 e. The van der Waals surface area contributed by atoms with Gasteiger partial charge in [-0.25, -0.2) is 4.98 Å². The SMILES string of the molecule is COCCNCc1ncoc1-c1cc2c(s1)CCSC2. The fourth-order valence-electron chi connectivity index (χ4n) is 2.24. The molecule has 4 nitrogen and oxygen atoms in total. The van der Waals surface area contributed by atoms with Crippen LogP contribution in [0.5, 0.6) is 0 Å². The third-order valence-corrected chi connectivity index (χ3v) is 5.51. The monoisotopic (exact) mass is 310 g/mol. The lowest BCUT2D eigenvalue weighted by molar-refractivity contribution is 0.199.